The third-order valence-corrected chi connectivity index (χ3v) is 2.32. The fourth-order valence-electron chi connectivity index (χ4n) is 1.10. The van der Waals surface area contributed by atoms with Crippen LogP contribution in [0.1, 0.15) is 46.5 Å². The minimum atomic E-state index is -0.162. The van der Waals surface area contributed by atoms with E-state index in [-0.39, 0.29) is 11.9 Å². The summed E-state index contributed by atoms with van der Waals surface area (Å²) in [6.45, 7) is 6.51. The van der Waals surface area contributed by atoms with Crippen LogP contribution in [0.4, 0.5) is 0 Å². The van der Waals surface area contributed by atoms with Crippen LogP contribution in [-0.2, 0) is 19.1 Å². The number of hydrogen-bond donors (Lipinski definition) is 0. The van der Waals surface area contributed by atoms with Crippen molar-refractivity contribution in [2.24, 2.45) is 5.92 Å². The standard InChI is InChI=1S/C12H22O4/c1-4-11(13)15-8-6-10(3)7-9-16-12(14)5-2/h10H,4-9H2,1-3H3. The summed E-state index contributed by atoms with van der Waals surface area (Å²) in [4.78, 5) is 21.7. The summed E-state index contributed by atoms with van der Waals surface area (Å²) in [6, 6.07) is 0. The minimum absolute atomic E-state index is 0.162. The number of carbonyl (C=O) groups is 2. The van der Waals surface area contributed by atoms with Crippen molar-refractivity contribution in [2.45, 2.75) is 46.5 Å². The zero-order valence-electron chi connectivity index (χ0n) is 10.5. The highest BCUT2D eigenvalue weighted by molar-refractivity contribution is 5.69. The largest absolute Gasteiger partial charge is 0.466 e. The van der Waals surface area contributed by atoms with Gasteiger partial charge in [0, 0.05) is 12.8 Å². The van der Waals surface area contributed by atoms with Gasteiger partial charge in [-0.1, -0.05) is 20.8 Å². The molecule has 0 aromatic rings. The van der Waals surface area contributed by atoms with E-state index in [9.17, 15) is 9.59 Å². The van der Waals surface area contributed by atoms with Gasteiger partial charge in [-0.2, -0.15) is 0 Å². The second-order valence-corrected chi connectivity index (χ2v) is 3.83. The minimum Gasteiger partial charge on any atom is -0.466 e. The first-order chi connectivity index (χ1) is 7.60. The van der Waals surface area contributed by atoms with Gasteiger partial charge in [-0.25, -0.2) is 0 Å². The number of esters is 2. The molecule has 0 atom stereocenters. The molecule has 16 heavy (non-hydrogen) atoms. The molecule has 0 aliphatic carbocycles. The molecule has 0 radical (unpaired) electrons. The van der Waals surface area contributed by atoms with Crippen molar-refractivity contribution in [1.29, 1.82) is 0 Å². The molecule has 0 bridgehead atoms. The van der Waals surface area contributed by atoms with Gasteiger partial charge in [-0.05, 0) is 18.8 Å². The molecule has 4 nitrogen and oxygen atoms in total. The highest BCUT2D eigenvalue weighted by atomic mass is 16.5. The van der Waals surface area contributed by atoms with Gasteiger partial charge < -0.3 is 9.47 Å². The molecule has 0 heterocycles. The summed E-state index contributed by atoms with van der Waals surface area (Å²) in [5.41, 5.74) is 0. The average molecular weight is 230 g/mol. The number of carbonyl (C=O) groups excluding carboxylic acids is 2. The fraction of sp³-hybridized carbons (Fsp3) is 0.833. The van der Waals surface area contributed by atoms with Crippen molar-refractivity contribution in [3.8, 4) is 0 Å². The maximum absolute atomic E-state index is 10.8. The Kier molecular flexibility index (Phi) is 8.58. The number of ether oxygens (including phenoxy) is 2. The average Bonchev–Trinajstić information content (AvgIpc) is 2.28. The first-order valence-electron chi connectivity index (χ1n) is 5.91. The van der Waals surface area contributed by atoms with Gasteiger partial charge in [0.25, 0.3) is 0 Å². The third-order valence-electron chi connectivity index (χ3n) is 2.32. The monoisotopic (exact) mass is 230 g/mol. The summed E-state index contributed by atoms with van der Waals surface area (Å²) in [7, 11) is 0. The lowest BCUT2D eigenvalue weighted by molar-refractivity contribution is -0.143. The van der Waals surface area contributed by atoms with E-state index in [2.05, 4.69) is 6.92 Å². The lowest BCUT2D eigenvalue weighted by Crippen LogP contribution is -2.11. The molecule has 0 spiro atoms. The fourth-order valence-corrected chi connectivity index (χ4v) is 1.10. The van der Waals surface area contributed by atoms with E-state index in [4.69, 9.17) is 9.47 Å². The molecule has 0 saturated carbocycles. The molecule has 0 fully saturated rings. The van der Waals surface area contributed by atoms with Gasteiger partial charge in [-0.15, -0.1) is 0 Å². The predicted octanol–water partition coefficient (Wildman–Crippen LogP) is 2.31. The molecular weight excluding hydrogens is 208 g/mol. The summed E-state index contributed by atoms with van der Waals surface area (Å²) in [5.74, 6) is 0.0727. The second-order valence-electron chi connectivity index (χ2n) is 3.83. The lowest BCUT2D eigenvalue weighted by atomic mass is 10.1. The molecule has 0 unspecified atom stereocenters. The zero-order valence-corrected chi connectivity index (χ0v) is 10.5. The Bertz CT molecular complexity index is 191. The molecule has 4 heteroatoms. The molecule has 0 aromatic carbocycles. The van der Waals surface area contributed by atoms with E-state index in [1.807, 2.05) is 0 Å². The van der Waals surface area contributed by atoms with Gasteiger partial charge in [-0.3, -0.25) is 9.59 Å². The Balaban J connectivity index is 3.41. The normalized spacial score (nSPS) is 10.2. The van der Waals surface area contributed by atoms with Crippen molar-refractivity contribution in [3.63, 3.8) is 0 Å². The Morgan fingerprint density at radius 2 is 1.31 bits per heavy atom. The topological polar surface area (TPSA) is 52.6 Å². The molecule has 0 aromatic heterocycles. The Morgan fingerprint density at radius 3 is 1.62 bits per heavy atom. The second kappa shape index (κ2) is 9.19. The summed E-state index contributed by atoms with van der Waals surface area (Å²) in [6.07, 6.45) is 2.47. The van der Waals surface area contributed by atoms with Crippen LogP contribution < -0.4 is 0 Å². The van der Waals surface area contributed by atoms with Crippen molar-refractivity contribution < 1.29 is 19.1 Å². The quantitative estimate of drug-likeness (QED) is 0.600. The molecular formula is C12H22O4. The molecule has 94 valence electrons. The smallest absolute Gasteiger partial charge is 0.305 e. The van der Waals surface area contributed by atoms with Gasteiger partial charge >= 0.3 is 11.9 Å². The first kappa shape index (κ1) is 14.9. The van der Waals surface area contributed by atoms with Crippen LogP contribution in [0.25, 0.3) is 0 Å². The van der Waals surface area contributed by atoms with Crippen molar-refractivity contribution in [1.82, 2.24) is 0 Å². The SMILES string of the molecule is CCC(=O)OCCC(C)CCOC(=O)CC. The van der Waals surface area contributed by atoms with E-state index >= 15 is 0 Å². The number of rotatable bonds is 8. The summed E-state index contributed by atoms with van der Waals surface area (Å²) in [5, 5.41) is 0. The third kappa shape index (κ3) is 8.26. The van der Waals surface area contributed by atoms with Crippen LogP contribution in [0.3, 0.4) is 0 Å². The van der Waals surface area contributed by atoms with Crippen LogP contribution in [0.5, 0.6) is 0 Å². The Morgan fingerprint density at radius 1 is 0.938 bits per heavy atom. The molecule has 0 aliphatic heterocycles. The molecule has 0 saturated heterocycles. The maximum Gasteiger partial charge on any atom is 0.305 e. The Labute approximate surface area is 97.3 Å². The van der Waals surface area contributed by atoms with Crippen molar-refractivity contribution >= 4 is 11.9 Å². The van der Waals surface area contributed by atoms with Crippen LogP contribution in [0, 0.1) is 5.92 Å². The van der Waals surface area contributed by atoms with E-state index in [1.54, 1.807) is 13.8 Å². The predicted molar refractivity (Wildman–Crippen MR) is 60.9 cm³/mol. The van der Waals surface area contributed by atoms with Crippen molar-refractivity contribution in [3.05, 3.63) is 0 Å². The maximum atomic E-state index is 10.8. The molecule has 0 aliphatic rings. The zero-order chi connectivity index (χ0) is 12.4. The van der Waals surface area contributed by atoms with E-state index in [0.29, 0.717) is 32.0 Å². The van der Waals surface area contributed by atoms with Crippen molar-refractivity contribution in [2.75, 3.05) is 13.2 Å². The van der Waals surface area contributed by atoms with Crippen LogP contribution in [0.15, 0.2) is 0 Å². The molecule has 0 rings (SSSR count). The highest BCUT2D eigenvalue weighted by Gasteiger charge is 2.06. The number of hydrogen-bond acceptors (Lipinski definition) is 4. The lowest BCUT2D eigenvalue weighted by Gasteiger charge is -2.11. The van der Waals surface area contributed by atoms with Gasteiger partial charge in [0.1, 0.15) is 0 Å². The van der Waals surface area contributed by atoms with Gasteiger partial charge in [0.15, 0.2) is 0 Å². The molecule has 0 N–H and O–H groups in total. The first-order valence-corrected chi connectivity index (χ1v) is 5.91. The van der Waals surface area contributed by atoms with E-state index < -0.39 is 0 Å². The Hall–Kier alpha value is -1.06. The van der Waals surface area contributed by atoms with Gasteiger partial charge in [0.05, 0.1) is 13.2 Å². The van der Waals surface area contributed by atoms with Crippen LogP contribution in [-0.4, -0.2) is 25.2 Å². The van der Waals surface area contributed by atoms with E-state index in [0.717, 1.165) is 12.8 Å². The van der Waals surface area contributed by atoms with E-state index in [1.165, 1.54) is 0 Å². The highest BCUT2D eigenvalue weighted by Crippen LogP contribution is 2.08. The molecule has 0 amide bonds. The summed E-state index contributed by atoms with van der Waals surface area (Å²) < 4.78 is 9.93. The van der Waals surface area contributed by atoms with Gasteiger partial charge in [0.2, 0.25) is 0 Å². The van der Waals surface area contributed by atoms with Crippen LogP contribution in [0.2, 0.25) is 0 Å². The van der Waals surface area contributed by atoms with Crippen LogP contribution >= 0.6 is 0 Å². The summed E-state index contributed by atoms with van der Waals surface area (Å²) >= 11 is 0.